The lowest BCUT2D eigenvalue weighted by atomic mass is 10.9. The van der Waals surface area contributed by atoms with Gasteiger partial charge in [-0.3, -0.25) is 0 Å². The zero-order valence-electron chi connectivity index (χ0n) is 11.9. The smallest absolute Gasteiger partial charge is 0.377 e. The summed E-state index contributed by atoms with van der Waals surface area (Å²) in [6, 6.07) is 0. The maximum absolute atomic E-state index is 6.03. The molecular formula is C10H28O3Si3. The van der Waals surface area contributed by atoms with Crippen LogP contribution in [-0.4, -0.2) is 43.6 Å². The van der Waals surface area contributed by atoms with Gasteiger partial charge in [0.1, 0.15) is 7.11 Å². The van der Waals surface area contributed by atoms with E-state index in [1.165, 1.54) is 0 Å². The van der Waals surface area contributed by atoms with Gasteiger partial charge in [0.2, 0.25) is 0 Å². The molecule has 0 fully saturated rings. The minimum atomic E-state index is -2.39. The Bertz CT molecular complexity index is 181. The van der Waals surface area contributed by atoms with Crippen LogP contribution in [0.15, 0.2) is 0 Å². The van der Waals surface area contributed by atoms with Gasteiger partial charge in [0, 0.05) is 28.1 Å². The van der Waals surface area contributed by atoms with Crippen molar-refractivity contribution < 1.29 is 13.3 Å². The van der Waals surface area contributed by atoms with Crippen molar-refractivity contribution in [3.63, 3.8) is 0 Å². The molecule has 3 nitrogen and oxygen atoms in total. The summed E-state index contributed by atoms with van der Waals surface area (Å²) in [5.74, 6) is 0. The Morgan fingerprint density at radius 2 is 1.12 bits per heavy atom. The first kappa shape index (κ1) is 16.5. The van der Waals surface area contributed by atoms with Crippen molar-refractivity contribution in [2.75, 3.05) is 19.8 Å². The molecule has 0 unspecified atom stereocenters. The molecule has 0 bridgehead atoms. The second-order valence-electron chi connectivity index (χ2n) is 4.73. The number of rotatable bonds is 8. The van der Waals surface area contributed by atoms with Gasteiger partial charge in [-0.25, -0.2) is 0 Å². The second kappa shape index (κ2) is 7.07. The van der Waals surface area contributed by atoms with E-state index in [0.717, 1.165) is 0 Å². The van der Waals surface area contributed by atoms with Gasteiger partial charge in [0.25, 0.3) is 0 Å². The molecule has 0 aliphatic heterocycles. The molecule has 0 aromatic carbocycles. The summed E-state index contributed by atoms with van der Waals surface area (Å²) in [6.45, 7) is 17.8. The zero-order chi connectivity index (χ0) is 12.8. The van der Waals surface area contributed by atoms with E-state index < -0.39 is 23.7 Å². The predicted octanol–water partition coefficient (Wildman–Crippen LogP) is 2.39. The van der Waals surface area contributed by atoms with Crippen molar-refractivity contribution >= 4 is 23.7 Å². The molecule has 0 radical (unpaired) electrons. The van der Waals surface area contributed by atoms with E-state index in [4.69, 9.17) is 13.3 Å². The summed E-state index contributed by atoms with van der Waals surface area (Å²) in [5.41, 5.74) is 0. The van der Waals surface area contributed by atoms with Crippen molar-refractivity contribution in [1.29, 1.82) is 0 Å². The predicted molar refractivity (Wildman–Crippen MR) is 77.0 cm³/mol. The highest BCUT2D eigenvalue weighted by atomic mass is 29.6. The SMILES string of the molecule is CCO[Si](OCC)(OCC)[Si](C)(C)[SiH](C)C. The minimum Gasteiger partial charge on any atom is -0.377 e. The quantitative estimate of drug-likeness (QED) is 0.639. The van der Waals surface area contributed by atoms with Crippen molar-refractivity contribution in [3.8, 4) is 0 Å². The van der Waals surface area contributed by atoms with E-state index >= 15 is 0 Å². The topological polar surface area (TPSA) is 27.7 Å². The van der Waals surface area contributed by atoms with Gasteiger partial charge in [-0.1, -0.05) is 26.2 Å². The summed E-state index contributed by atoms with van der Waals surface area (Å²) < 4.78 is 18.1. The van der Waals surface area contributed by atoms with Crippen molar-refractivity contribution in [3.05, 3.63) is 0 Å². The third-order valence-corrected chi connectivity index (χ3v) is 32.8. The van der Waals surface area contributed by atoms with E-state index in [9.17, 15) is 0 Å². The van der Waals surface area contributed by atoms with Crippen LogP contribution < -0.4 is 0 Å². The molecule has 0 heterocycles. The fourth-order valence-electron chi connectivity index (χ4n) is 1.61. The molecule has 0 aliphatic carbocycles. The summed E-state index contributed by atoms with van der Waals surface area (Å²) in [5, 5.41) is 0. The van der Waals surface area contributed by atoms with E-state index in [0.29, 0.717) is 19.8 Å². The fourth-order valence-corrected chi connectivity index (χ4v) is 20.2. The second-order valence-corrected chi connectivity index (χ2v) is 27.7. The molecule has 0 saturated heterocycles. The highest BCUT2D eigenvalue weighted by Crippen LogP contribution is 2.25. The van der Waals surface area contributed by atoms with Crippen molar-refractivity contribution in [2.45, 2.75) is 47.0 Å². The van der Waals surface area contributed by atoms with Gasteiger partial charge >= 0.3 is 8.32 Å². The standard InChI is InChI=1S/C10H28O3Si3/c1-8-11-16(12-9-2,13-10-3)15(6,7)14(4)5/h14H,8-10H2,1-7H3. The molecule has 0 saturated carbocycles. The molecule has 0 amide bonds. The van der Waals surface area contributed by atoms with E-state index in [1.807, 2.05) is 20.8 Å². The van der Waals surface area contributed by atoms with Crippen molar-refractivity contribution in [1.82, 2.24) is 0 Å². The van der Waals surface area contributed by atoms with E-state index in [2.05, 4.69) is 26.2 Å². The average Bonchev–Trinajstić information content (AvgIpc) is 2.18. The Labute approximate surface area is 104 Å². The lowest BCUT2D eigenvalue weighted by molar-refractivity contribution is 0.0913. The maximum Gasteiger partial charge on any atom is 0.466 e. The molecule has 16 heavy (non-hydrogen) atoms. The van der Waals surface area contributed by atoms with Gasteiger partial charge in [-0.15, -0.1) is 0 Å². The number of hydrogen-bond donors (Lipinski definition) is 0. The Kier molecular flexibility index (Phi) is 7.31. The van der Waals surface area contributed by atoms with Crippen LogP contribution in [0.5, 0.6) is 0 Å². The van der Waals surface area contributed by atoms with Crippen LogP contribution in [0.25, 0.3) is 0 Å². The largest absolute Gasteiger partial charge is 0.466 e. The fraction of sp³-hybridized carbons (Fsp3) is 1.00. The van der Waals surface area contributed by atoms with Crippen LogP contribution in [0, 0.1) is 0 Å². The van der Waals surface area contributed by atoms with Crippen LogP contribution in [0.3, 0.4) is 0 Å². The average molecular weight is 281 g/mol. The molecule has 0 spiro atoms. The first-order valence-electron chi connectivity index (χ1n) is 6.29. The zero-order valence-corrected chi connectivity index (χ0v) is 15.1. The molecule has 98 valence electrons. The highest BCUT2D eigenvalue weighted by molar-refractivity contribution is 7.60. The van der Waals surface area contributed by atoms with Crippen molar-refractivity contribution in [2.24, 2.45) is 0 Å². The van der Waals surface area contributed by atoms with Gasteiger partial charge in [0.05, 0.1) is 0 Å². The molecule has 0 N–H and O–H groups in total. The first-order chi connectivity index (χ1) is 7.38. The number of hydrogen-bond acceptors (Lipinski definition) is 3. The van der Waals surface area contributed by atoms with Gasteiger partial charge < -0.3 is 13.3 Å². The Morgan fingerprint density at radius 3 is 1.31 bits per heavy atom. The van der Waals surface area contributed by atoms with Crippen LogP contribution in [0.2, 0.25) is 26.2 Å². The molecular weight excluding hydrogens is 252 g/mol. The van der Waals surface area contributed by atoms with Crippen LogP contribution >= 0.6 is 0 Å². The lowest BCUT2D eigenvalue weighted by Crippen LogP contribution is -2.71. The summed E-state index contributed by atoms with van der Waals surface area (Å²) >= 11 is 0. The molecule has 0 aliphatic rings. The summed E-state index contributed by atoms with van der Waals surface area (Å²) in [6.07, 6.45) is 0. The normalized spacial score (nSPS) is 13.5. The summed E-state index contributed by atoms with van der Waals surface area (Å²) in [4.78, 5) is 0. The maximum atomic E-state index is 6.03. The molecule has 0 aromatic rings. The minimum absolute atomic E-state index is 0.698. The van der Waals surface area contributed by atoms with E-state index in [1.54, 1.807) is 0 Å². The summed E-state index contributed by atoms with van der Waals surface area (Å²) in [7, 11) is -4.67. The molecule has 6 heteroatoms. The highest BCUT2D eigenvalue weighted by Gasteiger charge is 2.58. The Balaban J connectivity index is 5.12. The molecule has 0 atom stereocenters. The monoisotopic (exact) mass is 280 g/mol. The molecule has 0 rings (SSSR count). The van der Waals surface area contributed by atoms with Gasteiger partial charge in [-0.05, 0) is 20.8 Å². The van der Waals surface area contributed by atoms with Crippen LogP contribution in [0.4, 0.5) is 0 Å². The van der Waals surface area contributed by atoms with Gasteiger partial charge in [0.15, 0.2) is 0 Å². The molecule has 0 aromatic heterocycles. The first-order valence-corrected chi connectivity index (χ1v) is 16.1. The Morgan fingerprint density at radius 1 is 0.812 bits per heavy atom. The van der Waals surface area contributed by atoms with E-state index in [-0.39, 0.29) is 0 Å². The van der Waals surface area contributed by atoms with Gasteiger partial charge in [-0.2, -0.15) is 0 Å². The van der Waals surface area contributed by atoms with Crippen LogP contribution in [-0.2, 0) is 13.3 Å². The Hall–Kier alpha value is 0.531. The van der Waals surface area contributed by atoms with Crippen LogP contribution in [0.1, 0.15) is 20.8 Å². The lowest BCUT2D eigenvalue weighted by Gasteiger charge is -2.41. The third kappa shape index (κ3) is 3.51. The third-order valence-electron chi connectivity index (χ3n) is 3.24.